The van der Waals surface area contributed by atoms with Gasteiger partial charge in [0.1, 0.15) is 5.82 Å². The van der Waals surface area contributed by atoms with E-state index in [2.05, 4.69) is 15.3 Å². The maximum Gasteiger partial charge on any atom is 0.337 e. The maximum absolute atomic E-state index is 13.4. The molecule has 0 aliphatic heterocycles. The van der Waals surface area contributed by atoms with Crippen LogP contribution >= 0.6 is 11.8 Å². The molecule has 0 saturated carbocycles. The zero-order chi connectivity index (χ0) is 17.4. The minimum Gasteiger partial charge on any atom is -0.465 e. The monoisotopic (exact) mass is 346 g/mol. The van der Waals surface area contributed by atoms with Gasteiger partial charge in [-0.1, -0.05) is 24.3 Å². The molecule has 0 aromatic heterocycles. The van der Waals surface area contributed by atoms with Crippen molar-refractivity contribution in [3.63, 3.8) is 0 Å². The lowest BCUT2D eigenvalue weighted by Crippen LogP contribution is -2.19. The number of benzene rings is 2. The quantitative estimate of drug-likeness (QED) is 0.378. The van der Waals surface area contributed by atoms with E-state index in [1.807, 2.05) is 0 Å². The van der Waals surface area contributed by atoms with E-state index in [0.29, 0.717) is 16.0 Å². The van der Waals surface area contributed by atoms with Crippen molar-refractivity contribution in [2.75, 3.05) is 12.9 Å². The van der Waals surface area contributed by atoms with E-state index < -0.39 is 5.97 Å². The Bertz CT molecular complexity index is 748. The molecule has 2 rings (SSSR count). The van der Waals surface area contributed by atoms with Gasteiger partial charge in [0.25, 0.3) is 0 Å². The molecule has 0 radical (unpaired) electrons. The molecule has 2 aromatic rings. The lowest BCUT2D eigenvalue weighted by Gasteiger charge is -2.02. The van der Waals surface area contributed by atoms with Gasteiger partial charge in [0.2, 0.25) is 5.91 Å². The largest absolute Gasteiger partial charge is 0.465 e. The molecule has 1 N–H and O–H groups in total. The Morgan fingerprint density at radius 1 is 1.21 bits per heavy atom. The number of carbonyl (C=O) groups excluding carboxylic acids is 2. The Kier molecular flexibility index (Phi) is 6.51. The fraction of sp³-hybridized carbons (Fsp3) is 0.118. The Morgan fingerprint density at radius 3 is 2.58 bits per heavy atom. The number of methoxy groups -OCH3 is 1. The van der Waals surface area contributed by atoms with E-state index in [0.717, 1.165) is 11.8 Å². The number of ether oxygens (including phenoxy) is 1. The summed E-state index contributed by atoms with van der Waals surface area (Å²) in [7, 11) is 1.31. The topological polar surface area (TPSA) is 67.8 Å². The van der Waals surface area contributed by atoms with Crippen LogP contribution in [0.25, 0.3) is 0 Å². The highest BCUT2D eigenvalue weighted by atomic mass is 32.2. The molecule has 0 unspecified atom stereocenters. The summed E-state index contributed by atoms with van der Waals surface area (Å²) in [4.78, 5) is 23.4. The standard InChI is InChI=1S/C17H15FN2O3S/c1-23-17(22)13-8-6-12(7-9-13)10-19-20-16(21)11-24-15-5-3-2-4-14(15)18/h2-10H,11H2,1H3,(H,20,21)/b19-10+. The summed E-state index contributed by atoms with van der Waals surface area (Å²) in [5, 5.41) is 3.82. The average molecular weight is 346 g/mol. The molecule has 1 amide bonds. The molecular formula is C17H15FN2O3S. The summed E-state index contributed by atoms with van der Waals surface area (Å²) in [6.07, 6.45) is 1.45. The average Bonchev–Trinajstić information content (AvgIpc) is 2.61. The smallest absolute Gasteiger partial charge is 0.337 e. The van der Waals surface area contributed by atoms with Gasteiger partial charge >= 0.3 is 5.97 Å². The van der Waals surface area contributed by atoms with Crippen LogP contribution < -0.4 is 5.43 Å². The molecule has 0 bridgehead atoms. The molecule has 0 aliphatic rings. The fourth-order valence-corrected chi connectivity index (χ4v) is 2.47. The minimum atomic E-state index is -0.419. The number of hydrogen-bond acceptors (Lipinski definition) is 5. The number of nitrogens with zero attached hydrogens (tertiary/aromatic N) is 1. The van der Waals surface area contributed by atoms with Gasteiger partial charge < -0.3 is 4.74 Å². The highest BCUT2D eigenvalue weighted by Gasteiger charge is 2.06. The second-order valence-corrected chi connectivity index (χ2v) is 5.64. The van der Waals surface area contributed by atoms with Crippen LogP contribution in [0.2, 0.25) is 0 Å². The molecule has 0 atom stereocenters. The van der Waals surface area contributed by atoms with Gasteiger partial charge in [0.05, 0.1) is 24.6 Å². The summed E-state index contributed by atoms with van der Waals surface area (Å²) < 4.78 is 18.0. The predicted molar refractivity (Wildman–Crippen MR) is 90.6 cm³/mol. The number of hydrazone groups is 1. The van der Waals surface area contributed by atoms with Gasteiger partial charge in [0, 0.05) is 4.90 Å². The number of amides is 1. The lowest BCUT2D eigenvalue weighted by atomic mass is 10.1. The van der Waals surface area contributed by atoms with Crippen molar-refractivity contribution in [2.24, 2.45) is 5.10 Å². The van der Waals surface area contributed by atoms with Crippen molar-refractivity contribution in [3.8, 4) is 0 Å². The van der Waals surface area contributed by atoms with Crippen molar-refractivity contribution >= 4 is 29.9 Å². The van der Waals surface area contributed by atoms with E-state index in [1.54, 1.807) is 42.5 Å². The third-order valence-electron chi connectivity index (χ3n) is 2.93. The summed E-state index contributed by atoms with van der Waals surface area (Å²) in [6, 6.07) is 12.8. The van der Waals surface area contributed by atoms with Crippen molar-refractivity contribution in [3.05, 3.63) is 65.5 Å². The van der Waals surface area contributed by atoms with E-state index in [-0.39, 0.29) is 17.5 Å². The van der Waals surface area contributed by atoms with E-state index in [4.69, 9.17) is 0 Å². The number of rotatable bonds is 6. The first-order valence-electron chi connectivity index (χ1n) is 6.98. The Hall–Kier alpha value is -2.67. The highest BCUT2D eigenvalue weighted by Crippen LogP contribution is 2.20. The van der Waals surface area contributed by atoms with Gasteiger partial charge in [-0.3, -0.25) is 4.79 Å². The third-order valence-corrected chi connectivity index (χ3v) is 3.98. The number of halogens is 1. The van der Waals surface area contributed by atoms with Crippen LogP contribution in [0.5, 0.6) is 0 Å². The van der Waals surface area contributed by atoms with E-state index in [1.165, 1.54) is 19.4 Å². The molecule has 124 valence electrons. The fourth-order valence-electron chi connectivity index (χ4n) is 1.74. The second kappa shape index (κ2) is 8.83. The maximum atomic E-state index is 13.4. The molecule has 5 nitrogen and oxygen atoms in total. The zero-order valence-electron chi connectivity index (χ0n) is 12.9. The Balaban J connectivity index is 1.82. The molecule has 0 saturated heterocycles. The van der Waals surface area contributed by atoms with Crippen LogP contribution in [0.3, 0.4) is 0 Å². The van der Waals surface area contributed by atoms with Gasteiger partial charge in [-0.25, -0.2) is 14.6 Å². The van der Waals surface area contributed by atoms with Crippen molar-refractivity contribution in [2.45, 2.75) is 4.90 Å². The highest BCUT2D eigenvalue weighted by molar-refractivity contribution is 8.00. The number of hydrogen-bond donors (Lipinski definition) is 1. The zero-order valence-corrected chi connectivity index (χ0v) is 13.7. The van der Waals surface area contributed by atoms with E-state index >= 15 is 0 Å². The number of carbonyl (C=O) groups is 2. The molecule has 24 heavy (non-hydrogen) atoms. The first-order valence-corrected chi connectivity index (χ1v) is 7.96. The Morgan fingerprint density at radius 2 is 1.92 bits per heavy atom. The van der Waals surface area contributed by atoms with Crippen LogP contribution in [0.4, 0.5) is 4.39 Å². The summed E-state index contributed by atoms with van der Waals surface area (Å²) in [6.45, 7) is 0. The molecule has 7 heteroatoms. The van der Waals surface area contributed by atoms with Crippen LogP contribution in [-0.2, 0) is 9.53 Å². The van der Waals surface area contributed by atoms with Gasteiger partial charge in [0.15, 0.2) is 0 Å². The summed E-state index contributed by atoms with van der Waals surface area (Å²) in [5.41, 5.74) is 3.51. The Labute approximate surface area is 142 Å². The van der Waals surface area contributed by atoms with Crippen molar-refractivity contribution in [1.82, 2.24) is 5.43 Å². The van der Waals surface area contributed by atoms with Crippen LogP contribution in [0, 0.1) is 5.82 Å². The first kappa shape index (κ1) is 17.7. The van der Waals surface area contributed by atoms with Crippen molar-refractivity contribution in [1.29, 1.82) is 0 Å². The van der Waals surface area contributed by atoms with E-state index in [9.17, 15) is 14.0 Å². The summed E-state index contributed by atoms with van der Waals surface area (Å²) in [5.74, 6) is -1.06. The van der Waals surface area contributed by atoms with Gasteiger partial charge in [-0.2, -0.15) is 5.10 Å². The number of esters is 1. The van der Waals surface area contributed by atoms with Crippen LogP contribution in [0.1, 0.15) is 15.9 Å². The molecule has 0 spiro atoms. The van der Waals surface area contributed by atoms with Gasteiger partial charge in [-0.05, 0) is 29.8 Å². The number of nitrogens with one attached hydrogen (secondary N) is 1. The SMILES string of the molecule is COC(=O)c1ccc(/C=N/NC(=O)CSc2ccccc2F)cc1. The lowest BCUT2D eigenvalue weighted by molar-refractivity contribution is -0.118. The predicted octanol–water partition coefficient (Wildman–Crippen LogP) is 2.85. The number of thioether (sulfide) groups is 1. The third kappa shape index (κ3) is 5.20. The molecule has 0 fully saturated rings. The molecule has 0 aliphatic carbocycles. The molecule has 2 aromatic carbocycles. The van der Waals surface area contributed by atoms with Crippen molar-refractivity contribution < 1.29 is 18.7 Å². The first-order chi connectivity index (χ1) is 11.6. The normalized spacial score (nSPS) is 10.6. The second-order valence-electron chi connectivity index (χ2n) is 4.63. The van der Waals surface area contributed by atoms with Crippen LogP contribution in [0.15, 0.2) is 58.5 Å². The molecular weight excluding hydrogens is 331 g/mol. The molecule has 0 heterocycles. The van der Waals surface area contributed by atoms with Crippen LogP contribution in [-0.4, -0.2) is 31.0 Å². The van der Waals surface area contributed by atoms with Gasteiger partial charge in [-0.15, -0.1) is 11.8 Å². The summed E-state index contributed by atoms with van der Waals surface area (Å²) >= 11 is 1.10. The minimum absolute atomic E-state index is 0.0551.